The van der Waals surface area contributed by atoms with Crippen LogP contribution in [-0.4, -0.2) is 53.8 Å². The molecule has 5 nitrogen and oxygen atoms in total. The lowest BCUT2D eigenvalue weighted by Gasteiger charge is -2.42. The molecule has 2 amide bonds. The van der Waals surface area contributed by atoms with Crippen molar-refractivity contribution in [3.63, 3.8) is 0 Å². The predicted octanol–water partition coefficient (Wildman–Crippen LogP) is 3.10. The number of nitrogens with zero attached hydrogens (tertiary/aromatic N) is 2. The van der Waals surface area contributed by atoms with Gasteiger partial charge in [0.2, 0.25) is 0 Å². The smallest absolute Gasteiger partial charge is 0.261 e. The normalized spacial score (nSPS) is 28.1. The zero-order valence-electron chi connectivity index (χ0n) is 15.2. The molecule has 5 rings (SSSR count). The Bertz CT molecular complexity index is 902. The minimum Gasteiger partial charge on any atom is -0.388 e. The maximum atomic E-state index is 13.3. The van der Waals surface area contributed by atoms with E-state index in [4.69, 9.17) is 0 Å². The Morgan fingerprint density at radius 1 is 0.923 bits per heavy atom. The number of piperidine rings is 1. The van der Waals surface area contributed by atoms with Crippen molar-refractivity contribution in [2.45, 2.75) is 43.8 Å². The summed E-state index contributed by atoms with van der Waals surface area (Å²) in [6.07, 6.45) is 4.13. The first-order chi connectivity index (χ1) is 12.6. The second-order valence-electron chi connectivity index (χ2n) is 7.79. The number of imide groups is 1. The number of rotatable bonds is 2. The summed E-state index contributed by atoms with van der Waals surface area (Å²) in [5.41, 5.74) is 2.25. The van der Waals surface area contributed by atoms with Crippen LogP contribution in [0.2, 0.25) is 0 Å². The van der Waals surface area contributed by atoms with E-state index in [0.29, 0.717) is 23.2 Å². The van der Waals surface area contributed by atoms with E-state index < -0.39 is 0 Å². The fourth-order valence-corrected chi connectivity index (χ4v) is 5.26. The zero-order valence-corrected chi connectivity index (χ0v) is 15.2. The van der Waals surface area contributed by atoms with E-state index >= 15 is 0 Å². The summed E-state index contributed by atoms with van der Waals surface area (Å²) < 4.78 is 0. The molecule has 3 heterocycles. The standard InChI is InChI=1S/C21H23N3O2/c1-22-18-9-8-17-19-15(18)4-3-5-16(19)20(25)24(21(17)26)14-10-12-6-7-13(11-14)23(12)2/h3-5,8-9,12-14,22H,6-7,10-11H2,1-2H3. The predicted molar refractivity (Wildman–Crippen MR) is 102 cm³/mol. The Morgan fingerprint density at radius 2 is 1.58 bits per heavy atom. The van der Waals surface area contributed by atoms with Crippen LogP contribution < -0.4 is 5.32 Å². The quantitative estimate of drug-likeness (QED) is 0.847. The first-order valence-electron chi connectivity index (χ1n) is 9.43. The van der Waals surface area contributed by atoms with Gasteiger partial charge in [-0.1, -0.05) is 12.1 Å². The summed E-state index contributed by atoms with van der Waals surface area (Å²) in [4.78, 5) is 30.6. The summed E-state index contributed by atoms with van der Waals surface area (Å²) in [6, 6.07) is 10.5. The lowest BCUT2D eigenvalue weighted by Crippen LogP contribution is -2.54. The van der Waals surface area contributed by atoms with Crippen LogP contribution in [0.4, 0.5) is 5.69 Å². The first kappa shape index (κ1) is 15.8. The number of hydrogen-bond donors (Lipinski definition) is 1. The number of hydrogen-bond acceptors (Lipinski definition) is 4. The summed E-state index contributed by atoms with van der Waals surface area (Å²) in [6.45, 7) is 0. The molecule has 0 aliphatic carbocycles. The van der Waals surface area contributed by atoms with Gasteiger partial charge in [0.1, 0.15) is 0 Å². The van der Waals surface area contributed by atoms with Gasteiger partial charge in [-0.05, 0) is 50.9 Å². The van der Waals surface area contributed by atoms with Crippen LogP contribution in [0, 0.1) is 0 Å². The molecule has 2 saturated heterocycles. The summed E-state index contributed by atoms with van der Waals surface area (Å²) in [5, 5.41) is 4.89. The van der Waals surface area contributed by atoms with Gasteiger partial charge >= 0.3 is 0 Å². The minimum atomic E-state index is -0.129. The van der Waals surface area contributed by atoms with Crippen molar-refractivity contribution in [2.75, 3.05) is 19.4 Å². The molecule has 0 saturated carbocycles. The summed E-state index contributed by atoms with van der Waals surface area (Å²) in [7, 11) is 4.03. The molecule has 2 aromatic carbocycles. The molecule has 5 heteroatoms. The average Bonchev–Trinajstić information content (AvgIpc) is 2.86. The highest BCUT2D eigenvalue weighted by Gasteiger charge is 2.45. The Balaban J connectivity index is 1.61. The second-order valence-corrected chi connectivity index (χ2v) is 7.79. The molecule has 0 aromatic heterocycles. The van der Waals surface area contributed by atoms with Crippen LogP contribution in [0.1, 0.15) is 46.4 Å². The van der Waals surface area contributed by atoms with E-state index in [0.717, 1.165) is 29.3 Å². The molecule has 2 bridgehead atoms. The van der Waals surface area contributed by atoms with Crippen LogP contribution in [0.25, 0.3) is 10.8 Å². The maximum Gasteiger partial charge on any atom is 0.261 e. The van der Waals surface area contributed by atoms with Crippen LogP contribution in [0.3, 0.4) is 0 Å². The van der Waals surface area contributed by atoms with Crippen LogP contribution >= 0.6 is 0 Å². The van der Waals surface area contributed by atoms with Gasteiger partial charge in [0.05, 0.1) is 0 Å². The second kappa shape index (κ2) is 5.55. The lowest BCUT2D eigenvalue weighted by atomic mass is 9.89. The molecule has 3 aliphatic heterocycles. The number of carbonyl (C=O) groups is 2. The van der Waals surface area contributed by atoms with Crippen molar-refractivity contribution in [2.24, 2.45) is 0 Å². The lowest BCUT2D eigenvalue weighted by molar-refractivity contribution is 0.0397. The van der Waals surface area contributed by atoms with E-state index in [9.17, 15) is 9.59 Å². The number of anilines is 1. The van der Waals surface area contributed by atoms with Gasteiger partial charge in [0.25, 0.3) is 11.8 Å². The van der Waals surface area contributed by atoms with Crippen LogP contribution in [0.5, 0.6) is 0 Å². The molecule has 0 radical (unpaired) electrons. The Labute approximate surface area is 153 Å². The van der Waals surface area contributed by atoms with E-state index in [1.54, 1.807) is 4.90 Å². The zero-order chi connectivity index (χ0) is 18.0. The maximum absolute atomic E-state index is 13.3. The molecule has 2 atom stereocenters. The van der Waals surface area contributed by atoms with E-state index in [1.165, 1.54) is 12.8 Å². The minimum absolute atomic E-state index is 0.0103. The van der Waals surface area contributed by atoms with Crippen LogP contribution in [-0.2, 0) is 0 Å². The van der Waals surface area contributed by atoms with Crippen molar-refractivity contribution in [3.8, 4) is 0 Å². The number of benzene rings is 2. The van der Waals surface area contributed by atoms with Gasteiger partial charge in [0, 0.05) is 52.8 Å². The van der Waals surface area contributed by atoms with Gasteiger partial charge in [-0.2, -0.15) is 0 Å². The van der Waals surface area contributed by atoms with Gasteiger partial charge in [-0.25, -0.2) is 0 Å². The topological polar surface area (TPSA) is 52.7 Å². The molecule has 0 spiro atoms. The van der Waals surface area contributed by atoms with Crippen molar-refractivity contribution >= 4 is 28.3 Å². The van der Waals surface area contributed by atoms with Gasteiger partial charge in [-0.3, -0.25) is 14.5 Å². The Morgan fingerprint density at radius 3 is 2.23 bits per heavy atom. The molecule has 134 valence electrons. The monoisotopic (exact) mass is 349 g/mol. The molecule has 2 aromatic rings. The third-order valence-corrected chi connectivity index (χ3v) is 6.65. The van der Waals surface area contributed by atoms with Gasteiger partial charge in [0.15, 0.2) is 0 Å². The highest BCUT2D eigenvalue weighted by atomic mass is 16.2. The highest BCUT2D eigenvalue weighted by Crippen LogP contribution is 2.40. The molecule has 1 N–H and O–H groups in total. The molecular weight excluding hydrogens is 326 g/mol. The van der Waals surface area contributed by atoms with E-state index in [1.807, 2.05) is 37.4 Å². The Hall–Kier alpha value is -2.40. The first-order valence-corrected chi connectivity index (χ1v) is 9.43. The van der Waals surface area contributed by atoms with Gasteiger partial charge < -0.3 is 10.2 Å². The third kappa shape index (κ3) is 2.01. The van der Waals surface area contributed by atoms with E-state index in [2.05, 4.69) is 17.3 Å². The van der Waals surface area contributed by atoms with Crippen molar-refractivity contribution in [3.05, 3.63) is 41.5 Å². The largest absolute Gasteiger partial charge is 0.388 e. The molecule has 26 heavy (non-hydrogen) atoms. The average molecular weight is 349 g/mol. The Kier molecular flexibility index (Phi) is 3.38. The fraction of sp³-hybridized carbons (Fsp3) is 0.429. The fourth-order valence-electron chi connectivity index (χ4n) is 5.26. The molecule has 2 unspecified atom stereocenters. The number of fused-ring (bicyclic) bond motifs is 2. The van der Waals surface area contributed by atoms with Crippen LogP contribution in [0.15, 0.2) is 30.3 Å². The van der Waals surface area contributed by atoms with E-state index in [-0.39, 0.29) is 17.9 Å². The van der Waals surface area contributed by atoms with Crippen molar-refractivity contribution < 1.29 is 9.59 Å². The number of nitrogens with one attached hydrogen (secondary N) is 1. The van der Waals surface area contributed by atoms with Crippen molar-refractivity contribution in [1.82, 2.24) is 9.80 Å². The van der Waals surface area contributed by atoms with Crippen molar-refractivity contribution in [1.29, 1.82) is 0 Å². The van der Waals surface area contributed by atoms with Gasteiger partial charge in [-0.15, -0.1) is 0 Å². The number of carbonyl (C=O) groups excluding carboxylic acids is 2. The highest BCUT2D eigenvalue weighted by molar-refractivity contribution is 6.26. The molecule has 2 fully saturated rings. The summed E-state index contributed by atoms with van der Waals surface area (Å²) >= 11 is 0. The molecule has 3 aliphatic rings. The third-order valence-electron chi connectivity index (χ3n) is 6.65. The molecular formula is C21H23N3O2. The number of amides is 2. The summed E-state index contributed by atoms with van der Waals surface area (Å²) in [5.74, 6) is -0.259. The SMILES string of the molecule is CNc1ccc2c3c(cccc13)C(=O)N(C1CC3CCC(C1)N3C)C2=O.